The molecular weight excluding hydrogens is 889 g/mol. The molecule has 0 atom stereocenters. The standard InChI is InChI=1S/C74H46/c1-3-22-59-49(16-1)18-14-32-61(59)73-67-28-9-5-24-63(67)71(64-25-6-10-29-68(64)73)55-21-13-20-51(42-55)52-38-34-47-35-39-53(44-57(47)43-52)54-40-36-48-37-41-56(46-58(48)45-54)72-65-26-7-11-30-69(65)74(70-31-12-8-27-66(70)72)62-33-15-19-50-17-2-4-23-60(50)62/h1-46H. The van der Waals surface area contributed by atoms with E-state index in [2.05, 4.69) is 279 Å². The molecule has 0 heteroatoms. The van der Waals surface area contributed by atoms with Crippen LogP contribution in [0.1, 0.15) is 0 Å². The van der Waals surface area contributed by atoms with Crippen LogP contribution in [0.5, 0.6) is 0 Å². The van der Waals surface area contributed by atoms with Crippen LogP contribution in [0.15, 0.2) is 279 Å². The molecule has 0 unspecified atom stereocenters. The summed E-state index contributed by atoms with van der Waals surface area (Å²) in [4.78, 5) is 0. The van der Waals surface area contributed by atoms with Crippen molar-refractivity contribution in [2.75, 3.05) is 0 Å². The summed E-state index contributed by atoms with van der Waals surface area (Å²) in [6.07, 6.45) is 0. The molecule has 0 spiro atoms. The van der Waals surface area contributed by atoms with Gasteiger partial charge in [-0.05, 0) is 183 Å². The minimum Gasteiger partial charge on any atom is -0.0616 e. The Bertz CT molecular complexity index is 4660. The molecule has 0 amide bonds. The summed E-state index contributed by atoms with van der Waals surface area (Å²) in [5.41, 5.74) is 14.9. The van der Waals surface area contributed by atoms with Gasteiger partial charge in [0.2, 0.25) is 0 Å². The molecule has 0 bridgehead atoms. The van der Waals surface area contributed by atoms with Gasteiger partial charge < -0.3 is 0 Å². The average Bonchev–Trinajstić information content (AvgIpc) is 3.48. The van der Waals surface area contributed by atoms with Crippen LogP contribution in [0.4, 0.5) is 0 Å². The van der Waals surface area contributed by atoms with Crippen molar-refractivity contribution in [3.8, 4) is 66.8 Å². The second-order valence-electron chi connectivity index (χ2n) is 19.9. The van der Waals surface area contributed by atoms with Gasteiger partial charge in [0.1, 0.15) is 0 Å². The lowest BCUT2D eigenvalue weighted by Crippen LogP contribution is -1.92. The van der Waals surface area contributed by atoms with E-state index in [-0.39, 0.29) is 0 Å². The van der Waals surface area contributed by atoms with E-state index in [0.29, 0.717) is 0 Å². The Balaban J connectivity index is 0.821. The van der Waals surface area contributed by atoms with Crippen molar-refractivity contribution < 1.29 is 0 Å². The van der Waals surface area contributed by atoms with Crippen molar-refractivity contribution in [1.82, 2.24) is 0 Å². The lowest BCUT2D eigenvalue weighted by Gasteiger charge is -2.19. The maximum absolute atomic E-state index is 2.40. The molecule has 0 N–H and O–H groups in total. The second kappa shape index (κ2) is 17.0. The highest BCUT2D eigenvalue weighted by Crippen LogP contribution is 2.48. The van der Waals surface area contributed by atoms with Gasteiger partial charge in [0.25, 0.3) is 0 Å². The van der Waals surface area contributed by atoms with Crippen LogP contribution in [0, 0.1) is 0 Å². The molecule has 0 aromatic heterocycles. The van der Waals surface area contributed by atoms with Crippen molar-refractivity contribution in [1.29, 1.82) is 0 Å². The highest BCUT2D eigenvalue weighted by Gasteiger charge is 2.20. The second-order valence-corrected chi connectivity index (χ2v) is 19.9. The van der Waals surface area contributed by atoms with Crippen LogP contribution < -0.4 is 0 Å². The summed E-state index contributed by atoms with van der Waals surface area (Å²) in [5.74, 6) is 0. The number of rotatable bonds is 6. The molecular formula is C74H46. The first-order chi connectivity index (χ1) is 36.7. The van der Waals surface area contributed by atoms with Gasteiger partial charge in [-0.3, -0.25) is 0 Å². The number of fused-ring (bicyclic) bond motifs is 8. The van der Waals surface area contributed by atoms with E-state index in [1.54, 1.807) is 0 Å². The lowest BCUT2D eigenvalue weighted by molar-refractivity contribution is 1.62. The van der Waals surface area contributed by atoms with E-state index >= 15 is 0 Å². The topological polar surface area (TPSA) is 0 Å². The summed E-state index contributed by atoms with van der Waals surface area (Å²) in [6, 6.07) is 104. The minimum atomic E-state index is 1.20. The molecule has 0 fully saturated rings. The largest absolute Gasteiger partial charge is 0.0616 e. The zero-order valence-corrected chi connectivity index (χ0v) is 40.6. The molecule has 0 saturated carbocycles. The normalized spacial score (nSPS) is 11.8. The Morgan fingerprint density at radius 2 is 0.405 bits per heavy atom. The first-order valence-electron chi connectivity index (χ1n) is 25.7. The van der Waals surface area contributed by atoms with Gasteiger partial charge in [-0.25, -0.2) is 0 Å². The molecule has 74 heavy (non-hydrogen) atoms. The molecule has 15 aromatic carbocycles. The summed E-state index contributed by atoms with van der Waals surface area (Å²) >= 11 is 0. The Morgan fingerprint density at radius 1 is 0.135 bits per heavy atom. The number of hydrogen-bond acceptors (Lipinski definition) is 0. The fourth-order valence-corrected chi connectivity index (χ4v) is 12.4. The molecule has 0 aliphatic heterocycles. The third-order valence-electron chi connectivity index (χ3n) is 15.8. The van der Waals surface area contributed by atoms with E-state index in [1.807, 2.05) is 0 Å². The van der Waals surface area contributed by atoms with Gasteiger partial charge in [0.15, 0.2) is 0 Å². The van der Waals surface area contributed by atoms with Gasteiger partial charge in [-0.1, -0.05) is 249 Å². The molecule has 0 aliphatic carbocycles. The van der Waals surface area contributed by atoms with Crippen LogP contribution in [0.2, 0.25) is 0 Å². The highest BCUT2D eigenvalue weighted by molar-refractivity contribution is 6.25. The lowest BCUT2D eigenvalue weighted by atomic mass is 9.84. The fraction of sp³-hybridized carbons (Fsp3) is 0. The predicted octanol–water partition coefficient (Wildman–Crippen LogP) is 20.9. The third-order valence-corrected chi connectivity index (χ3v) is 15.8. The number of benzene rings is 15. The Hall–Kier alpha value is -9.62. The minimum absolute atomic E-state index is 1.20. The van der Waals surface area contributed by atoms with Crippen LogP contribution in [-0.2, 0) is 0 Å². The molecule has 0 aliphatic rings. The smallest absolute Gasteiger partial charge is 0.00201 e. The van der Waals surface area contributed by atoms with Crippen LogP contribution in [0.25, 0.3) is 153 Å². The highest BCUT2D eigenvalue weighted by atomic mass is 14.2. The van der Waals surface area contributed by atoms with Crippen LogP contribution in [-0.4, -0.2) is 0 Å². The van der Waals surface area contributed by atoms with Gasteiger partial charge in [-0.2, -0.15) is 0 Å². The van der Waals surface area contributed by atoms with E-state index in [4.69, 9.17) is 0 Å². The van der Waals surface area contributed by atoms with Crippen LogP contribution in [0.3, 0.4) is 0 Å². The van der Waals surface area contributed by atoms with Crippen molar-refractivity contribution >= 4 is 86.2 Å². The van der Waals surface area contributed by atoms with Gasteiger partial charge in [0, 0.05) is 0 Å². The molecule has 15 rings (SSSR count). The molecule has 342 valence electrons. The Morgan fingerprint density at radius 3 is 0.811 bits per heavy atom. The first-order valence-corrected chi connectivity index (χ1v) is 25.7. The summed E-state index contributed by atoms with van der Waals surface area (Å²) < 4.78 is 0. The Kier molecular flexibility index (Phi) is 9.68. The summed E-state index contributed by atoms with van der Waals surface area (Å²) in [7, 11) is 0. The van der Waals surface area contributed by atoms with E-state index in [1.165, 1.54) is 153 Å². The molecule has 0 saturated heterocycles. The van der Waals surface area contributed by atoms with Crippen molar-refractivity contribution in [3.63, 3.8) is 0 Å². The fourth-order valence-electron chi connectivity index (χ4n) is 12.4. The summed E-state index contributed by atoms with van der Waals surface area (Å²) in [5, 5.41) is 20.0. The van der Waals surface area contributed by atoms with Crippen molar-refractivity contribution in [2.24, 2.45) is 0 Å². The first kappa shape index (κ1) is 42.1. The van der Waals surface area contributed by atoms with Gasteiger partial charge in [0.05, 0.1) is 0 Å². The van der Waals surface area contributed by atoms with E-state index in [0.717, 1.165) is 0 Å². The van der Waals surface area contributed by atoms with Gasteiger partial charge >= 0.3 is 0 Å². The maximum Gasteiger partial charge on any atom is -0.00201 e. The molecule has 15 aromatic rings. The Labute approximate surface area is 429 Å². The zero-order chi connectivity index (χ0) is 48.7. The SMILES string of the molecule is c1cc(-c2ccc3ccc(-c4ccc5ccc(-c6c7ccccc7c(-c7cccc8ccccc78)c7ccccc67)cc5c4)cc3c2)cc(-c2c3ccccc3c(-c3cccc4ccccc34)c3ccccc23)c1. The van der Waals surface area contributed by atoms with Crippen molar-refractivity contribution in [2.45, 2.75) is 0 Å². The zero-order valence-electron chi connectivity index (χ0n) is 40.6. The maximum atomic E-state index is 2.40. The summed E-state index contributed by atoms with van der Waals surface area (Å²) in [6.45, 7) is 0. The third kappa shape index (κ3) is 6.77. The monoisotopic (exact) mass is 934 g/mol. The predicted molar refractivity (Wildman–Crippen MR) is 319 cm³/mol. The molecule has 0 heterocycles. The van der Waals surface area contributed by atoms with Crippen molar-refractivity contribution in [3.05, 3.63) is 279 Å². The molecule has 0 nitrogen and oxygen atoms in total. The molecule has 0 radical (unpaired) electrons. The van der Waals surface area contributed by atoms with Crippen LogP contribution >= 0.6 is 0 Å². The van der Waals surface area contributed by atoms with Gasteiger partial charge in [-0.15, -0.1) is 0 Å². The number of hydrogen-bond donors (Lipinski definition) is 0. The quantitative estimate of drug-likeness (QED) is 0.146. The average molecular weight is 935 g/mol. The van der Waals surface area contributed by atoms with E-state index < -0.39 is 0 Å². The van der Waals surface area contributed by atoms with E-state index in [9.17, 15) is 0 Å².